The molecule has 122 valence electrons. The summed E-state index contributed by atoms with van der Waals surface area (Å²) in [4.78, 5) is 26.3. The van der Waals surface area contributed by atoms with Gasteiger partial charge in [0.15, 0.2) is 5.78 Å². The quantitative estimate of drug-likeness (QED) is 0.813. The summed E-state index contributed by atoms with van der Waals surface area (Å²) < 4.78 is 7.34. The Morgan fingerprint density at radius 3 is 2.61 bits per heavy atom. The molecule has 2 heterocycles. The van der Waals surface area contributed by atoms with E-state index in [4.69, 9.17) is 4.74 Å². The summed E-state index contributed by atoms with van der Waals surface area (Å²) in [5.74, 6) is 1.15. The lowest BCUT2D eigenvalue weighted by atomic mass is 10.0. The molecule has 0 radical (unpaired) electrons. The van der Waals surface area contributed by atoms with Gasteiger partial charge in [-0.3, -0.25) is 14.5 Å². The van der Waals surface area contributed by atoms with Crippen LogP contribution < -0.4 is 4.74 Å². The molecular weight excluding hydrogens is 292 g/mol. The van der Waals surface area contributed by atoms with Crippen molar-refractivity contribution in [1.29, 1.82) is 0 Å². The van der Waals surface area contributed by atoms with Crippen LogP contribution in [0.1, 0.15) is 28.9 Å². The topological polar surface area (TPSA) is 51.5 Å². The first kappa shape index (κ1) is 15.7. The number of likely N-dealkylation sites (tertiary alicyclic amines) is 1. The summed E-state index contributed by atoms with van der Waals surface area (Å²) in [6.45, 7) is 3.69. The van der Waals surface area contributed by atoms with Crippen LogP contribution in [0.3, 0.4) is 0 Å². The Labute approximate surface area is 135 Å². The van der Waals surface area contributed by atoms with E-state index in [-0.39, 0.29) is 5.78 Å². The first-order valence-electron chi connectivity index (χ1n) is 7.91. The Morgan fingerprint density at radius 2 is 1.96 bits per heavy atom. The lowest BCUT2D eigenvalue weighted by molar-refractivity contribution is -0.121. The summed E-state index contributed by atoms with van der Waals surface area (Å²) in [6, 6.07) is 5.82. The third-order valence-electron chi connectivity index (χ3n) is 4.76. The summed E-state index contributed by atoms with van der Waals surface area (Å²) >= 11 is 0. The predicted octanol–water partition coefficient (Wildman–Crippen LogP) is 2.34. The first-order chi connectivity index (χ1) is 11.0. The van der Waals surface area contributed by atoms with E-state index in [1.54, 1.807) is 7.11 Å². The molecule has 0 bridgehead atoms. The zero-order valence-electron chi connectivity index (χ0n) is 13.9. The van der Waals surface area contributed by atoms with Gasteiger partial charge >= 0.3 is 0 Å². The highest BCUT2D eigenvalue weighted by atomic mass is 16.5. The van der Waals surface area contributed by atoms with Crippen molar-refractivity contribution in [3.63, 3.8) is 0 Å². The number of piperidine rings is 1. The van der Waals surface area contributed by atoms with Crippen LogP contribution in [0.5, 0.6) is 5.75 Å². The van der Waals surface area contributed by atoms with Crippen LogP contribution in [0, 0.1) is 6.92 Å². The molecule has 1 saturated heterocycles. The van der Waals surface area contributed by atoms with Crippen molar-refractivity contribution in [3.8, 4) is 5.75 Å². The Kier molecular flexibility index (Phi) is 4.22. The van der Waals surface area contributed by atoms with E-state index in [1.165, 1.54) is 0 Å². The van der Waals surface area contributed by atoms with Gasteiger partial charge in [0, 0.05) is 55.1 Å². The van der Waals surface area contributed by atoms with E-state index in [1.807, 2.05) is 36.7 Å². The molecule has 1 aromatic heterocycles. The standard InChI is InChI=1S/C18H22N2O3/c1-12-18(17(22)11-20-8-6-13(21)7-9-20)15-10-14(23-3)4-5-16(15)19(12)2/h4-5,10H,6-9,11H2,1-3H3. The molecule has 0 saturated carbocycles. The number of fused-ring (bicyclic) bond motifs is 1. The fourth-order valence-corrected chi connectivity index (χ4v) is 3.27. The average molecular weight is 314 g/mol. The van der Waals surface area contributed by atoms with Gasteiger partial charge < -0.3 is 9.30 Å². The molecule has 23 heavy (non-hydrogen) atoms. The normalized spacial score (nSPS) is 16.0. The van der Waals surface area contributed by atoms with Crippen molar-refractivity contribution in [2.24, 2.45) is 7.05 Å². The van der Waals surface area contributed by atoms with E-state index in [2.05, 4.69) is 4.90 Å². The van der Waals surface area contributed by atoms with Crippen LogP contribution in [0.15, 0.2) is 18.2 Å². The number of hydrogen-bond acceptors (Lipinski definition) is 4. The second-order valence-corrected chi connectivity index (χ2v) is 6.14. The number of methoxy groups -OCH3 is 1. The molecule has 3 rings (SSSR count). The van der Waals surface area contributed by atoms with Crippen molar-refractivity contribution >= 4 is 22.5 Å². The number of nitrogens with zero attached hydrogens (tertiary/aromatic N) is 2. The maximum atomic E-state index is 12.9. The lowest BCUT2D eigenvalue weighted by Gasteiger charge is -2.24. The maximum absolute atomic E-state index is 12.9. The number of Topliss-reactive ketones (excluding diaryl/α,β-unsaturated/α-hetero) is 2. The van der Waals surface area contributed by atoms with Crippen molar-refractivity contribution in [3.05, 3.63) is 29.5 Å². The molecular formula is C18H22N2O3. The van der Waals surface area contributed by atoms with Crippen LogP contribution >= 0.6 is 0 Å². The number of rotatable bonds is 4. The highest BCUT2D eigenvalue weighted by Gasteiger charge is 2.23. The Balaban J connectivity index is 1.93. The van der Waals surface area contributed by atoms with Crippen LogP contribution in [0.25, 0.3) is 10.9 Å². The molecule has 1 aromatic carbocycles. The zero-order chi connectivity index (χ0) is 16.6. The molecule has 0 unspecified atom stereocenters. The summed E-state index contributed by atoms with van der Waals surface area (Å²) in [7, 11) is 3.60. The molecule has 0 amide bonds. The summed E-state index contributed by atoms with van der Waals surface area (Å²) in [5, 5.41) is 0.933. The minimum Gasteiger partial charge on any atom is -0.497 e. The molecule has 0 atom stereocenters. The number of ether oxygens (including phenoxy) is 1. The number of benzene rings is 1. The van der Waals surface area contributed by atoms with Crippen molar-refractivity contribution < 1.29 is 14.3 Å². The SMILES string of the molecule is COc1ccc2c(c1)c(C(=O)CN1CCC(=O)CC1)c(C)n2C. The monoisotopic (exact) mass is 314 g/mol. The number of ketones is 2. The summed E-state index contributed by atoms with van der Waals surface area (Å²) in [6.07, 6.45) is 1.10. The summed E-state index contributed by atoms with van der Waals surface area (Å²) in [5.41, 5.74) is 2.75. The number of hydrogen-bond donors (Lipinski definition) is 0. The molecule has 0 spiro atoms. The Hall–Kier alpha value is -2.14. The van der Waals surface area contributed by atoms with Gasteiger partial charge in [-0.25, -0.2) is 0 Å². The van der Waals surface area contributed by atoms with E-state index < -0.39 is 0 Å². The maximum Gasteiger partial charge on any atom is 0.179 e. The van der Waals surface area contributed by atoms with Crippen LogP contribution in [0.2, 0.25) is 0 Å². The van der Waals surface area contributed by atoms with E-state index in [9.17, 15) is 9.59 Å². The van der Waals surface area contributed by atoms with Crippen molar-refractivity contribution in [2.75, 3.05) is 26.7 Å². The minimum atomic E-state index is 0.107. The fourth-order valence-electron chi connectivity index (χ4n) is 3.27. The Morgan fingerprint density at radius 1 is 1.26 bits per heavy atom. The first-order valence-corrected chi connectivity index (χ1v) is 7.91. The third-order valence-corrected chi connectivity index (χ3v) is 4.76. The molecule has 0 aliphatic carbocycles. The Bertz CT molecular complexity index is 766. The second kappa shape index (κ2) is 6.16. The van der Waals surface area contributed by atoms with Gasteiger partial charge in [-0.1, -0.05) is 0 Å². The van der Waals surface area contributed by atoms with Gasteiger partial charge in [-0.15, -0.1) is 0 Å². The second-order valence-electron chi connectivity index (χ2n) is 6.14. The zero-order valence-corrected chi connectivity index (χ0v) is 13.9. The number of carbonyl (C=O) groups is 2. The predicted molar refractivity (Wildman–Crippen MR) is 89.2 cm³/mol. The third kappa shape index (κ3) is 2.88. The fraction of sp³-hybridized carbons (Fsp3) is 0.444. The molecule has 2 aromatic rings. The van der Waals surface area contributed by atoms with Gasteiger partial charge in [0.05, 0.1) is 13.7 Å². The molecule has 0 N–H and O–H groups in total. The highest BCUT2D eigenvalue weighted by molar-refractivity contribution is 6.10. The van der Waals surface area contributed by atoms with Crippen LogP contribution in [0.4, 0.5) is 0 Å². The van der Waals surface area contributed by atoms with E-state index >= 15 is 0 Å². The molecule has 1 aliphatic rings. The highest BCUT2D eigenvalue weighted by Crippen LogP contribution is 2.29. The smallest absolute Gasteiger partial charge is 0.179 e. The van der Waals surface area contributed by atoms with E-state index in [0.29, 0.717) is 38.3 Å². The molecule has 5 nitrogen and oxygen atoms in total. The lowest BCUT2D eigenvalue weighted by Crippen LogP contribution is -2.37. The number of aromatic nitrogens is 1. The van der Waals surface area contributed by atoms with Gasteiger partial charge in [-0.05, 0) is 25.1 Å². The van der Waals surface area contributed by atoms with Gasteiger partial charge in [0.25, 0.3) is 0 Å². The van der Waals surface area contributed by atoms with Gasteiger partial charge in [0.2, 0.25) is 0 Å². The molecule has 1 fully saturated rings. The molecule has 5 heteroatoms. The number of aryl methyl sites for hydroxylation is 1. The van der Waals surface area contributed by atoms with Gasteiger partial charge in [0.1, 0.15) is 11.5 Å². The van der Waals surface area contributed by atoms with E-state index in [0.717, 1.165) is 27.9 Å². The van der Waals surface area contributed by atoms with Crippen molar-refractivity contribution in [1.82, 2.24) is 9.47 Å². The van der Waals surface area contributed by atoms with Crippen LogP contribution in [-0.4, -0.2) is 47.8 Å². The van der Waals surface area contributed by atoms with Crippen LogP contribution in [-0.2, 0) is 11.8 Å². The number of carbonyl (C=O) groups excluding carboxylic acids is 2. The minimum absolute atomic E-state index is 0.107. The molecule has 1 aliphatic heterocycles. The largest absolute Gasteiger partial charge is 0.497 e. The van der Waals surface area contributed by atoms with Crippen molar-refractivity contribution in [2.45, 2.75) is 19.8 Å². The average Bonchev–Trinajstić information content (AvgIpc) is 2.80. The van der Waals surface area contributed by atoms with Gasteiger partial charge in [-0.2, -0.15) is 0 Å².